The van der Waals surface area contributed by atoms with E-state index < -0.39 is 0 Å². The minimum Gasteiger partial charge on any atom is -0.315 e. The third-order valence-electron chi connectivity index (χ3n) is 4.21. The normalized spacial score (nSPS) is 29.6. The lowest BCUT2D eigenvalue weighted by molar-refractivity contribution is 0.0734. The van der Waals surface area contributed by atoms with Gasteiger partial charge in [-0.3, -0.25) is 4.90 Å². The Morgan fingerprint density at radius 3 is 2.44 bits per heavy atom. The summed E-state index contributed by atoms with van der Waals surface area (Å²) in [5.74, 6) is 2.51. The Morgan fingerprint density at radius 1 is 1.25 bits per heavy atom. The van der Waals surface area contributed by atoms with E-state index in [2.05, 4.69) is 44.8 Å². The Hall–Kier alpha value is -0.0800. The molecule has 0 aromatic carbocycles. The van der Waals surface area contributed by atoms with E-state index in [0.717, 1.165) is 36.9 Å². The summed E-state index contributed by atoms with van der Waals surface area (Å²) in [5, 5.41) is 3.51. The summed E-state index contributed by atoms with van der Waals surface area (Å²) in [4.78, 5) is 2.71. The van der Waals surface area contributed by atoms with Crippen LogP contribution in [-0.4, -0.2) is 37.1 Å². The molecule has 3 atom stereocenters. The Balaban J connectivity index is 2.51. The molecular weight excluding hydrogens is 196 g/mol. The topological polar surface area (TPSA) is 15.3 Å². The first-order chi connectivity index (χ1) is 7.56. The van der Waals surface area contributed by atoms with Crippen molar-refractivity contribution in [1.29, 1.82) is 0 Å². The molecule has 0 aliphatic carbocycles. The molecule has 0 saturated carbocycles. The first kappa shape index (κ1) is 14.0. The molecule has 2 heteroatoms. The molecule has 1 fully saturated rings. The number of rotatable bonds is 5. The van der Waals surface area contributed by atoms with Gasteiger partial charge < -0.3 is 5.32 Å². The fraction of sp³-hybridized carbons (Fsp3) is 1.00. The summed E-state index contributed by atoms with van der Waals surface area (Å²) in [6.07, 6.45) is 1.37. The number of nitrogens with one attached hydrogen (secondary N) is 1. The lowest BCUT2D eigenvalue weighted by Gasteiger charge is -2.42. The second-order valence-corrected chi connectivity index (χ2v) is 5.86. The minimum absolute atomic E-state index is 0.718. The Labute approximate surface area is 102 Å². The van der Waals surface area contributed by atoms with Gasteiger partial charge in [0.25, 0.3) is 0 Å². The van der Waals surface area contributed by atoms with Crippen molar-refractivity contribution in [2.45, 2.75) is 47.1 Å². The maximum atomic E-state index is 3.51. The van der Waals surface area contributed by atoms with Gasteiger partial charge in [-0.1, -0.05) is 34.6 Å². The minimum atomic E-state index is 0.718. The second kappa shape index (κ2) is 6.61. The Kier molecular flexibility index (Phi) is 5.77. The fourth-order valence-electron chi connectivity index (χ4n) is 2.67. The summed E-state index contributed by atoms with van der Waals surface area (Å²) in [6, 6.07) is 0.718. The SMILES string of the molecule is CCNCC(C(C)C)N1CCC(C)C(C)C1. The lowest BCUT2D eigenvalue weighted by Crippen LogP contribution is -2.50. The highest BCUT2D eigenvalue weighted by molar-refractivity contribution is 4.83. The smallest absolute Gasteiger partial charge is 0.0243 e. The van der Waals surface area contributed by atoms with E-state index >= 15 is 0 Å². The van der Waals surface area contributed by atoms with E-state index in [1.165, 1.54) is 19.5 Å². The van der Waals surface area contributed by atoms with Gasteiger partial charge in [-0.15, -0.1) is 0 Å². The average Bonchev–Trinajstić information content (AvgIpc) is 2.23. The molecule has 1 heterocycles. The van der Waals surface area contributed by atoms with Gasteiger partial charge in [-0.25, -0.2) is 0 Å². The zero-order chi connectivity index (χ0) is 12.1. The predicted molar refractivity (Wildman–Crippen MR) is 71.7 cm³/mol. The molecule has 0 radical (unpaired) electrons. The van der Waals surface area contributed by atoms with Crippen LogP contribution in [0.25, 0.3) is 0 Å². The molecule has 96 valence electrons. The van der Waals surface area contributed by atoms with Crippen LogP contribution in [0, 0.1) is 17.8 Å². The molecule has 1 rings (SSSR count). The van der Waals surface area contributed by atoms with E-state index in [4.69, 9.17) is 0 Å². The summed E-state index contributed by atoms with van der Waals surface area (Å²) in [5.41, 5.74) is 0. The molecule has 0 spiro atoms. The van der Waals surface area contributed by atoms with Crippen LogP contribution in [0.5, 0.6) is 0 Å². The van der Waals surface area contributed by atoms with Crippen molar-refractivity contribution in [3.05, 3.63) is 0 Å². The van der Waals surface area contributed by atoms with E-state index in [1.54, 1.807) is 0 Å². The number of hydrogen-bond acceptors (Lipinski definition) is 2. The largest absolute Gasteiger partial charge is 0.315 e. The van der Waals surface area contributed by atoms with Gasteiger partial charge in [-0.2, -0.15) is 0 Å². The maximum Gasteiger partial charge on any atom is 0.0243 e. The van der Waals surface area contributed by atoms with Crippen molar-refractivity contribution in [3.63, 3.8) is 0 Å². The van der Waals surface area contributed by atoms with Crippen LogP contribution in [0.4, 0.5) is 0 Å². The highest BCUT2D eigenvalue weighted by Crippen LogP contribution is 2.25. The fourth-order valence-corrected chi connectivity index (χ4v) is 2.67. The molecule has 1 aliphatic heterocycles. The van der Waals surface area contributed by atoms with Crippen LogP contribution in [0.3, 0.4) is 0 Å². The summed E-state index contributed by atoms with van der Waals surface area (Å²) in [6.45, 7) is 16.5. The van der Waals surface area contributed by atoms with Crippen LogP contribution in [0.2, 0.25) is 0 Å². The van der Waals surface area contributed by atoms with Crippen molar-refractivity contribution in [2.24, 2.45) is 17.8 Å². The average molecular weight is 226 g/mol. The first-order valence-electron chi connectivity index (χ1n) is 7.01. The number of likely N-dealkylation sites (N-methyl/N-ethyl adjacent to an activating group) is 1. The number of piperidine rings is 1. The summed E-state index contributed by atoms with van der Waals surface area (Å²) in [7, 11) is 0. The molecule has 16 heavy (non-hydrogen) atoms. The van der Waals surface area contributed by atoms with Crippen LogP contribution in [0.1, 0.15) is 41.0 Å². The van der Waals surface area contributed by atoms with Gasteiger partial charge >= 0.3 is 0 Å². The molecule has 0 amide bonds. The molecule has 1 saturated heterocycles. The number of nitrogens with zero attached hydrogens (tertiary/aromatic N) is 1. The molecule has 1 aliphatic rings. The van der Waals surface area contributed by atoms with Crippen molar-refractivity contribution < 1.29 is 0 Å². The monoisotopic (exact) mass is 226 g/mol. The summed E-state index contributed by atoms with van der Waals surface area (Å²) >= 11 is 0. The number of likely N-dealkylation sites (tertiary alicyclic amines) is 1. The third-order valence-corrected chi connectivity index (χ3v) is 4.21. The van der Waals surface area contributed by atoms with Crippen LogP contribution in [-0.2, 0) is 0 Å². The van der Waals surface area contributed by atoms with Gasteiger partial charge in [0.2, 0.25) is 0 Å². The zero-order valence-electron chi connectivity index (χ0n) is 11.8. The second-order valence-electron chi connectivity index (χ2n) is 5.86. The van der Waals surface area contributed by atoms with Crippen molar-refractivity contribution in [1.82, 2.24) is 10.2 Å². The lowest BCUT2D eigenvalue weighted by atomic mass is 9.86. The van der Waals surface area contributed by atoms with Gasteiger partial charge in [0, 0.05) is 19.1 Å². The summed E-state index contributed by atoms with van der Waals surface area (Å²) < 4.78 is 0. The highest BCUT2D eigenvalue weighted by atomic mass is 15.2. The van der Waals surface area contributed by atoms with E-state index in [9.17, 15) is 0 Å². The maximum absolute atomic E-state index is 3.51. The Morgan fingerprint density at radius 2 is 1.94 bits per heavy atom. The quantitative estimate of drug-likeness (QED) is 0.775. The standard InChI is InChI=1S/C14H30N2/c1-6-15-9-14(11(2)3)16-8-7-12(4)13(5)10-16/h11-15H,6-10H2,1-5H3. The van der Waals surface area contributed by atoms with Crippen molar-refractivity contribution >= 4 is 0 Å². The first-order valence-corrected chi connectivity index (χ1v) is 7.01. The third kappa shape index (κ3) is 3.74. The van der Waals surface area contributed by atoms with Crippen LogP contribution >= 0.6 is 0 Å². The molecular formula is C14H30N2. The van der Waals surface area contributed by atoms with Gasteiger partial charge in [0.1, 0.15) is 0 Å². The molecule has 0 aromatic rings. The molecule has 3 unspecified atom stereocenters. The van der Waals surface area contributed by atoms with E-state index in [0.29, 0.717) is 0 Å². The zero-order valence-corrected chi connectivity index (χ0v) is 11.8. The molecule has 0 bridgehead atoms. The number of hydrogen-bond donors (Lipinski definition) is 1. The Bertz CT molecular complexity index is 191. The van der Waals surface area contributed by atoms with Crippen LogP contribution < -0.4 is 5.32 Å². The van der Waals surface area contributed by atoms with Gasteiger partial charge in [0.15, 0.2) is 0 Å². The van der Waals surface area contributed by atoms with E-state index in [-0.39, 0.29) is 0 Å². The highest BCUT2D eigenvalue weighted by Gasteiger charge is 2.28. The van der Waals surface area contributed by atoms with Gasteiger partial charge in [0.05, 0.1) is 0 Å². The van der Waals surface area contributed by atoms with Crippen LogP contribution in [0.15, 0.2) is 0 Å². The van der Waals surface area contributed by atoms with E-state index in [1.807, 2.05) is 0 Å². The van der Waals surface area contributed by atoms with Crippen molar-refractivity contribution in [3.8, 4) is 0 Å². The predicted octanol–water partition coefficient (Wildman–Crippen LogP) is 2.60. The molecule has 1 N–H and O–H groups in total. The van der Waals surface area contributed by atoms with Gasteiger partial charge in [-0.05, 0) is 37.3 Å². The molecule has 2 nitrogen and oxygen atoms in total. The van der Waals surface area contributed by atoms with Crippen molar-refractivity contribution in [2.75, 3.05) is 26.2 Å². The molecule has 0 aromatic heterocycles.